The first kappa shape index (κ1) is 18.5. The maximum Gasteiger partial charge on any atom is 0.258 e. The number of hydrogen-bond acceptors (Lipinski definition) is 3. The molecule has 2 N–H and O–H groups in total. The van der Waals surface area contributed by atoms with E-state index in [9.17, 15) is 9.59 Å². The lowest BCUT2D eigenvalue weighted by Gasteiger charge is -2.15. The Balaban J connectivity index is 1.50. The summed E-state index contributed by atoms with van der Waals surface area (Å²) >= 11 is 3.43. The normalized spacial score (nSPS) is 14.4. The molecular weight excluding hydrogens is 396 g/mol. The minimum atomic E-state index is -0.204. The van der Waals surface area contributed by atoms with Crippen molar-refractivity contribution in [2.75, 3.05) is 11.9 Å². The van der Waals surface area contributed by atoms with Gasteiger partial charge in [-0.1, -0.05) is 34.1 Å². The van der Waals surface area contributed by atoms with Crippen molar-refractivity contribution in [1.29, 1.82) is 0 Å². The van der Waals surface area contributed by atoms with E-state index in [1.165, 1.54) is 0 Å². The maximum atomic E-state index is 12.1. The smallest absolute Gasteiger partial charge is 0.258 e. The third-order valence-electron chi connectivity index (χ3n) is 4.15. The third kappa shape index (κ3) is 5.33. The van der Waals surface area contributed by atoms with Crippen LogP contribution in [0, 0.1) is 5.92 Å². The van der Waals surface area contributed by atoms with Crippen LogP contribution in [0.5, 0.6) is 5.75 Å². The SMILES string of the molecule is C[C@@H](NC(=O)COc1cccc(NC(=O)C2CC2)c1)c1cccc(Br)c1. The highest BCUT2D eigenvalue weighted by Crippen LogP contribution is 2.30. The number of anilines is 1. The molecular formula is C20H21BrN2O3. The molecule has 1 atom stereocenters. The second-order valence-corrected chi connectivity index (χ2v) is 7.34. The first-order chi connectivity index (χ1) is 12.5. The van der Waals surface area contributed by atoms with Gasteiger partial charge in [0.15, 0.2) is 6.61 Å². The molecule has 1 fully saturated rings. The maximum absolute atomic E-state index is 12.1. The van der Waals surface area contributed by atoms with E-state index >= 15 is 0 Å². The van der Waals surface area contributed by atoms with Crippen LogP contribution in [-0.2, 0) is 9.59 Å². The topological polar surface area (TPSA) is 67.4 Å². The van der Waals surface area contributed by atoms with Gasteiger partial charge in [0.2, 0.25) is 5.91 Å². The number of halogens is 1. The lowest BCUT2D eigenvalue weighted by molar-refractivity contribution is -0.123. The van der Waals surface area contributed by atoms with Gasteiger partial charge in [-0.3, -0.25) is 9.59 Å². The predicted octanol–water partition coefficient (Wildman–Crippen LogP) is 4.05. The van der Waals surface area contributed by atoms with E-state index in [-0.39, 0.29) is 30.4 Å². The lowest BCUT2D eigenvalue weighted by Crippen LogP contribution is -2.31. The summed E-state index contributed by atoms with van der Waals surface area (Å²) < 4.78 is 6.52. The summed E-state index contributed by atoms with van der Waals surface area (Å²) in [7, 11) is 0. The van der Waals surface area contributed by atoms with E-state index in [4.69, 9.17) is 4.74 Å². The van der Waals surface area contributed by atoms with Crippen molar-refractivity contribution in [3.8, 4) is 5.75 Å². The highest BCUT2D eigenvalue weighted by Gasteiger charge is 2.29. The Morgan fingerprint density at radius 3 is 2.69 bits per heavy atom. The Kier molecular flexibility index (Phi) is 5.93. The summed E-state index contributed by atoms with van der Waals surface area (Å²) in [5, 5.41) is 5.78. The number of ether oxygens (including phenoxy) is 1. The van der Waals surface area contributed by atoms with Crippen LogP contribution in [0.25, 0.3) is 0 Å². The monoisotopic (exact) mass is 416 g/mol. The standard InChI is InChI=1S/C20H21BrN2O3/c1-13(15-4-2-5-16(21)10-15)22-19(24)12-26-18-7-3-6-17(11-18)23-20(25)14-8-9-14/h2-7,10-11,13-14H,8-9,12H2,1H3,(H,22,24)(H,23,25)/t13-/m1/s1. The summed E-state index contributed by atoms with van der Waals surface area (Å²) in [4.78, 5) is 23.9. The number of nitrogens with one attached hydrogen (secondary N) is 2. The van der Waals surface area contributed by atoms with Gasteiger partial charge in [0.1, 0.15) is 5.75 Å². The second-order valence-electron chi connectivity index (χ2n) is 6.42. The molecule has 0 aliphatic heterocycles. The van der Waals surface area contributed by atoms with E-state index in [1.807, 2.05) is 37.3 Å². The summed E-state index contributed by atoms with van der Waals surface area (Å²) in [5.74, 6) is 0.529. The van der Waals surface area contributed by atoms with Crippen LogP contribution in [0.3, 0.4) is 0 Å². The Labute approximate surface area is 161 Å². The molecule has 136 valence electrons. The molecule has 1 saturated carbocycles. The number of hydrogen-bond donors (Lipinski definition) is 2. The summed E-state index contributed by atoms with van der Waals surface area (Å²) in [5.41, 5.74) is 1.69. The van der Waals surface area contributed by atoms with E-state index < -0.39 is 0 Å². The van der Waals surface area contributed by atoms with Crippen LogP contribution < -0.4 is 15.4 Å². The van der Waals surface area contributed by atoms with Crippen molar-refractivity contribution in [1.82, 2.24) is 5.32 Å². The van der Waals surface area contributed by atoms with Crippen molar-refractivity contribution >= 4 is 33.4 Å². The second kappa shape index (κ2) is 8.36. The van der Waals surface area contributed by atoms with Crippen molar-refractivity contribution < 1.29 is 14.3 Å². The first-order valence-electron chi connectivity index (χ1n) is 8.60. The molecule has 26 heavy (non-hydrogen) atoms. The fourth-order valence-electron chi connectivity index (χ4n) is 2.54. The highest BCUT2D eigenvalue weighted by molar-refractivity contribution is 9.10. The van der Waals surface area contributed by atoms with E-state index in [1.54, 1.807) is 18.2 Å². The molecule has 0 heterocycles. The molecule has 2 aromatic rings. The van der Waals surface area contributed by atoms with E-state index in [0.717, 1.165) is 22.9 Å². The van der Waals surface area contributed by atoms with Crippen molar-refractivity contribution in [3.05, 3.63) is 58.6 Å². The minimum absolute atomic E-state index is 0.0442. The fourth-order valence-corrected chi connectivity index (χ4v) is 2.96. The van der Waals surface area contributed by atoms with Gasteiger partial charge < -0.3 is 15.4 Å². The van der Waals surface area contributed by atoms with Gasteiger partial charge in [-0.15, -0.1) is 0 Å². The highest BCUT2D eigenvalue weighted by atomic mass is 79.9. The average molecular weight is 417 g/mol. The van der Waals surface area contributed by atoms with Gasteiger partial charge >= 0.3 is 0 Å². The zero-order valence-corrected chi connectivity index (χ0v) is 16.1. The minimum Gasteiger partial charge on any atom is -0.484 e. The van der Waals surface area contributed by atoms with Crippen molar-refractivity contribution in [2.24, 2.45) is 5.92 Å². The number of carbonyl (C=O) groups is 2. The number of amides is 2. The Hall–Kier alpha value is -2.34. The Bertz CT molecular complexity index is 805. The largest absolute Gasteiger partial charge is 0.484 e. The quantitative estimate of drug-likeness (QED) is 0.714. The van der Waals surface area contributed by atoms with Crippen LogP contribution in [0.2, 0.25) is 0 Å². The van der Waals surface area contributed by atoms with Crippen LogP contribution in [0.15, 0.2) is 53.0 Å². The number of carbonyl (C=O) groups excluding carboxylic acids is 2. The lowest BCUT2D eigenvalue weighted by atomic mass is 10.1. The van der Waals surface area contributed by atoms with Crippen LogP contribution in [0.4, 0.5) is 5.69 Å². The molecule has 1 aliphatic carbocycles. The summed E-state index contributed by atoms with van der Waals surface area (Å²) in [6.07, 6.45) is 1.91. The molecule has 0 spiro atoms. The van der Waals surface area contributed by atoms with Crippen LogP contribution in [-0.4, -0.2) is 18.4 Å². The molecule has 1 aliphatic rings. The van der Waals surface area contributed by atoms with Gasteiger partial charge in [-0.05, 0) is 49.6 Å². The van der Waals surface area contributed by atoms with Crippen molar-refractivity contribution in [2.45, 2.75) is 25.8 Å². The molecule has 0 unspecified atom stereocenters. The molecule has 5 nitrogen and oxygen atoms in total. The van der Waals surface area contributed by atoms with E-state index in [2.05, 4.69) is 26.6 Å². The zero-order chi connectivity index (χ0) is 18.5. The molecule has 2 aromatic carbocycles. The summed E-state index contributed by atoms with van der Waals surface area (Å²) in [6.45, 7) is 1.84. The first-order valence-corrected chi connectivity index (χ1v) is 9.39. The van der Waals surface area contributed by atoms with Gasteiger partial charge in [0, 0.05) is 22.1 Å². The Morgan fingerprint density at radius 1 is 1.19 bits per heavy atom. The van der Waals surface area contributed by atoms with Crippen LogP contribution in [0.1, 0.15) is 31.4 Å². The van der Waals surface area contributed by atoms with E-state index in [0.29, 0.717) is 11.4 Å². The third-order valence-corrected chi connectivity index (χ3v) is 4.64. The predicted molar refractivity (Wildman–Crippen MR) is 104 cm³/mol. The fraction of sp³-hybridized carbons (Fsp3) is 0.300. The van der Waals surface area contributed by atoms with Crippen molar-refractivity contribution in [3.63, 3.8) is 0 Å². The van der Waals surface area contributed by atoms with Gasteiger partial charge in [-0.25, -0.2) is 0 Å². The molecule has 0 aromatic heterocycles. The molecule has 2 amide bonds. The van der Waals surface area contributed by atoms with Gasteiger partial charge in [0.05, 0.1) is 6.04 Å². The number of benzene rings is 2. The average Bonchev–Trinajstić information content (AvgIpc) is 3.45. The molecule has 3 rings (SSSR count). The van der Waals surface area contributed by atoms with Gasteiger partial charge in [-0.2, -0.15) is 0 Å². The van der Waals surface area contributed by atoms with Crippen LogP contribution >= 0.6 is 15.9 Å². The molecule has 0 radical (unpaired) electrons. The van der Waals surface area contributed by atoms with Gasteiger partial charge in [0.25, 0.3) is 5.91 Å². The Morgan fingerprint density at radius 2 is 1.96 bits per heavy atom. The summed E-state index contributed by atoms with van der Waals surface area (Å²) in [6, 6.07) is 14.8. The zero-order valence-electron chi connectivity index (χ0n) is 14.5. The molecule has 0 saturated heterocycles. The molecule has 6 heteroatoms. The number of rotatable bonds is 7. The molecule has 0 bridgehead atoms.